The Labute approximate surface area is 207 Å². The third-order valence-corrected chi connectivity index (χ3v) is 6.06. The lowest BCUT2D eigenvalue weighted by atomic mass is 9.87. The normalized spacial score (nSPS) is 15.7. The Hall–Kier alpha value is -2.30. The second-order valence-corrected chi connectivity index (χ2v) is 10.9. The maximum Gasteiger partial charge on any atom is 0.213 e. The highest BCUT2D eigenvalue weighted by atomic mass is 17.2. The van der Waals surface area contributed by atoms with Crippen molar-refractivity contribution in [2.24, 2.45) is 0 Å². The van der Waals surface area contributed by atoms with Crippen LogP contribution >= 0.6 is 0 Å². The van der Waals surface area contributed by atoms with Crippen LogP contribution in [-0.4, -0.2) is 19.0 Å². The first-order valence-electron chi connectivity index (χ1n) is 12.4. The number of rotatable bonds is 8. The van der Waals surface area contributed by atoms with Gasteiger partial charge in [0.15, 0.2) is 5.75 Å². The maximum absolute atomic E-state index is 6.20. The molecule has 0 radical (unpaired) electrons. The largest absolute Gasteiger partial charge is 0.491 e. The molecule has 0 N–H and O–H groups in total. The summed E-state index contributed by atoms with van der Waals surface area (Å²) in [6.45, 7) is 20.2. The van der Waals surface area contributed by atoms with Gasteiger partial charge in [-0.3, -0.25) is 0 Å². The molecule has 3 rings (SSSR count). The van der Waals surface area contributed by atoms with Crippen LogP contribution in [0.5, 0.6) is 11.5 Å². The van der Waals surface area contributed by atoms with Crippen molar-refractivity contribution in [3.63, 3.8) is 0 Å². The highest BCUT2D eigenvalue weighted by Crippen LogP contribution is 2.34. The first-order valence-corrected chi connectivity index (χ1v) is 12.4. The Bertz CT molecular complexity index is 835. The first kappa shape index (κ1) is 27.9. The summed E-state index contributed by atoms with van der Waals surface area (Å²) in [5, 5.41) is 0. The van der Waals surface area contributed by atoms with E-state index in [2.05, 4.69) is 79.0 Å². The van der Waals surface area contributed by atoms with Gasteiger partial charge in [0.2, 0.25) is 5.79 Å². The number of hydrogen-bond acceptors (Lipinski definition) is 4. The van der Waals surface area contributed by atoms with E-state index in [9.17, 15) is 0 Å². The van der Waals surface area contributed by atoms with Crippen LogP contribution in [0.1, 0.15) is 84.8 Å². The van der Waals surface area contributed by atoms with E-state index >= 15 is 0 Å². The van der Waals surface area contributed by atoms with E-state index in [-0.39, 0.29) is 10.8 Å². The van der Waals surface area contributed by atoms with Crippen LogP contribution in [0.25, 0.3) is 0 Å². The zero-order chi connectivity index (χ0) is 25.2. The molecular weight excluding hydrogens is 424 g/mol. The van der Waals surface area contributed by atoms with Crippen molar-refractivity contribution in [3.05, 3.63) is 72.8 Å². The molecule has 0 unspecified atom stereocenters. The van der Waals surface area contributed by atoms with Gasteiger partial charge in [0.1, 0.15) is 12.4 Å². The minimum absolute atomic E-state index is 0.111. The van der Waals surface area contributed by atoms with Crippen molar-refractivity contribution in [2.75, 3.05) is 13.2 Å². The Balaban J connectivity index is 0.00000199. The topological polar surface area (TPSA) is 36.9 Å². The van der Waals surface area contributed by atoms with Crippen LogP contribution in [0.2, 0.25) is 0 Å². The molecule has 0 spiro atoms. The fourth-order valence-corrected chi connectivity index (χ4v) is 3.92. The highest BCUT2D eigenvalue weighted by Gasteiger charge is 2.36. The monoisotopic (exact) mass is 468 g/mol. The van der Waals surface area contributed by atoms with Gasteiger partial charge in [0.25, 0.3) is 0 Å². The van der Waals surface area contributed by atoms with Gasteiger partial charge in [-0.2, -0.15) is 4.89 Å². The van der Waals surface area contributed by atoms with Crippen molar-refractivity contribution < 1.29 is 19.2 Å². The van der Waals surface area contributed by atoms with Crippen LogP contribution in [0.3, 0.4) is 0 Å². The molecule has 0 aromatic heterocycles. The van der Waals surface area contributed by atoms with Gasteiger partial charge >= 0.3 is 0 Å². The van der Waals surface area contributed by atoms with Crippen LogP contribution in [0.4, 0.5) is 0 Å². The average molecular weight is 469 g/mol. The van der Waals surface area contributed by atoms with E-state index in [4.69, 9.17) is 19.2 Å². The lowest BCUT2D eigenvalue weighted by molar-refractivity contribution is -0.389. The summed E-state index contributed by atoms with van der Waals surface area (Å²) < 4.78 is 12.1. The van der Waals surface area contributed by atoms with Crippen LogP contribution in [0, 0.1) is 0 Å². The molecule has 0 saturated heterocycles. The smallest absolute Gasteiger partial charge is 0.213 e. The van der Waals surface area contributed by atoms with Crippen molar-refractivity contribution in [3.8, 4) is 11.5 Å². The van der Waals surface area contributed by atoms with Gasteiger partial charge in [-0.05, 0) is 59.1 Å². The van der Waals surface area contributed by atoms with Crippen LogP contribution in [-0.2, 0) is 20.5 Å². The van der Waals surface area contributed by atoms with Gasteiger partial charge in [0, 0.05) is 12.8 Å². The van der Waals surface area contributed by atoms with Crippen molar-refractivity contribution in [2.45, 2.75) is 90.3 Å². The van der Waals surface area contributed by atoms with E-state index in [1.165, 1.54) is 17.5 Å². The molecule has 4 heteroatoms. The summed E-state index contributed by atoms with van der Waals surface area (Å²) in [4.78, 5) is 11.6. The van der Waals surface area contributed by atoms with E-state index in [1.807, 2.05) is 24.3 Å². The van der Waals surface area contributed by atoms with Gasteiger partial charge < -0.3 is 14.4 Å². The van der Waals surface area contributed by atoms with Crippen LogP contribution < -0.4 is 9.62 Å². The molecule has 0 heterocycles. The lowest BCUT2D eigenvalue weighted by Crippen LogP contribution is -2.40. The SMILES string of the molecule is C=C.CC(C)(C)c1ccc(OCCOC2(OOc3ccc(C(C)(C)C)cc3)CCCCC2)cc1. The minimum Gasteiger partial charge on any atom is -0.491 e. The molecule has 1 aliphatic rings. The fourth-order valence-electron chi connectivity index (χ4n) is 3.92. The number of hydrogen-bond donors (Lipinski definition) is 0. The Morgan fingerprint density at radius 2 is 1.15 bits per heavy atom. The van der Waals surface area contributed by atoms with Crippen LogP contribution in [0.15, 0.2) is 61.7 Å². The van der Waals surface area contributed by atoms with Gasteiger partial charge in [0.05, 0.1) is 6.61 Å². The zero-order valence-electron chi connectivity index (χ0n) is 22.1. The second-order valence-electron chi connectivity index (χ2n) is 10.9. The highest BCUT2D eigenvalue weighted by molar-refractivity contribution is 5.31. The van der Waals surface area contributed by atoms with Gasteiger partial charge in [-0.25, -0.2) is 0 Å². The second kappa shape index (κ2) is 12.4. The summed E-state index contributed by atoms with van der Waals surface area (Å²) in [5.41, 5.74) is 2.81. The van der Waals surface area contributed by atoms with E-state index in [1.54, 1.807) is 0 Å². The van der Waals surface area contributed by atoms with Gasteiger partial charge in [-0.15, -0.1) is 13.2 Å². The van der Waals surface area contributed by atoms with E-state index in [0.29, 0.717) is 19.0 Å². The molecule has 0 atom stereocenters. The predicted molar refractivity (Wildman–Crippen MR) is 141 cm³/mol. The molecular formula is C30H44O4. The first-order chi connectivity index (χ1) is 16.1. The van der Waals surface area contributed by atoms with Crippen molar-refractivity contribution >= 4 is 0 Å². The number of ether oxygens (including phenoxy) is 2. The standard InChI is InChI=1S/C28H40O4.C2H4/c1-26(2,3)22-10-14-24(15-11-22)29-20-21-30-28(18-8-7-9-19-28)32-31-25-16-12-23(13-17-25)27(4,5)6;1-2/h10-17H,7-9,18-21H2,1-6H3;1-2H2. The molecule has 1 aliphatic carbocycles. The summed E-state index contributed by atoms with van der Waals surface area (Å²) >= 11 is 0. The Kier molecular flexibility index (Phi) is 10.2. The maximum atomic E-state index is 6.20. The molecule has 0 aliphatic heterocycles. The summed E-state index contributed by atoms with van der Waals surface area (Å²) in [6, 6.07) is 16.4. The Morgan fingerprint density at radius 1 is 0.676 bits per heavy atom. The molecule has 4 nitrogen and oxygen atoms in total. The molecule has 0 amide bonds. The van der Waals surface area contributed by atoms with Crippen molar-refractivity contribution in [1.82, 2.24) is 0 Å². The predicted octanol–water partition coefficient (Wildman–Crippen LogP) is 8.15. The Morgan fingerprint density at radius 3 is 1.62 bits per heavy atom. The molecule has 34 heavy (non-hydrogen) atoms. The molecule has 2 aromatic carbocycles. The molecule has 0 bridgehead atoms. The third-order valence-electron chi connectivity index (χ3n) is 6.06. The molecule has 1 fully saturated rings. The third kappa shape index (κ3) is 8.48. The van der Waals surface area contributed by atoms with Crippen molar-refractivity contribution in [1.29, 1.82) is 0 Å². The van der Waals surface area contributed by atoms with E-state index in [0.717, 1.165) is 31.4 Å². The minimum atomic E-state index is -0.708. The molecule has 2 aromatic rings. The summed E-state index contributed by atoms with van der Waals surface area (Å²) in [7, 11) is 0. The quantitative estimate of drug-likeness (QED) is 0.129. The lowest BCUT2D eigenvalue weighted by Gasteiger charge is -2.35. The average Bonchev–Trinajstić information content (AvgIpc) is 2.82. The number of benzene rings is 2. The summed E-state index contributed by atoms with van der Waals surface area (Å²) in [5.74, 6) is 0.845. The van der Waals surface area contributed by atoms with E-state index < -0.39 is 5.79 Å². The van der Waals surface area contributed by atoms with Gasteiger partial charge in [-0.1, -0.05) is 72.2 Å². The zero-order valence-corrected chi connectivity index (χ0v) is 22.1. The molecule has 1 saturated carbocycles. The fraction of sp³-hybridized carbons (Fsp3) is 0.533. The molecule has 188 valence electrons. The summed E-state index contributed by atoms with van der Waals surface area (Å²) in [6.07, 6.45) is 5.00.